The van der Waals surface area contributed by atoms with Gasteiger partial charge in [-0.2, -0.15) is 4.98 Å². The molecule has 0 atom stereocenters. The van der Waals surface area contributed by atoms with Gasteiger partial charge in [-0.05, 0) is 44.2 Å². The summed E-state index contributed by atoms with van der Waals surface area (Å²) in [5.41, 5.74) is 1.81. The van der Waals surface area contributed by atoms with Crippen LogP contribution >= 0.6 is 0 Å². The van der Waals surface area contributed by atoms with Crippen molar-refractivity contribution in [3.8, 4) is 11.3 Å². The normalized spacial score (nSPS) is 15.5. The molecule has 0 bridgehead atoms. The van der Waals surface area contributed by atoms with Gasteiger partial charge in [-0.25, -0.2) is 9.37 Å². The quantitative estimate of drug-likeness (QED) is 0.706. The number of benzene rings is 1. The van der Waals surface area contributed by atoms with Crippen LogP contribution in [0.3, 0.4) is 0 Å². The van der Waals surface area contributed by atoms with Gasteiger partial charge in [0, 0.05) is 24.7 Å². The van der Waals surface area contributed by atoms with Crippen LogP contribution in [0.5, 0.6) is 0 Å². The number of hydrogen-bond acceptors (Lipinski definition) is 6. The van der Waals surface area contributed by atoms with E-state index in [2.05, 4.69) is 32.4 Å². The summed E-state index contributed by atoms with van der Waals surface area (Å²) in [4.78, 5) is 11.0. The predicted molar refractivity (Wildman–Crippen MR) is 103 cm³/mol. The Kier molecular flexibility index (Phi) is 5.29. The molecule has 1 aliphatic carbocycles. The van der Waals surface area contributed by atoms with Crippen molar-refractivity contribution in [2.45, 2.75) is 38.1 Å². The Balaban J connectivity index is 1.50. The van der Waals surface area contributed by atoms with Crippen LogP contribution in [-0.4, -0.2) is 46.2 Å². The molecule has 0 spiro atoms. The molecule has 0 amide bonds. The molecule has 0 radical (unpaired) electrons. The first-order valence-corrected chi connectivity index (χ1v) is 9.53. The van der Waals surface area contributed by atoms with E-state index in [-0.39, 0.29) is 5.82 Å². The molecule has 3 aromatic rings. The summed E-state index contributed by atoms with van der Waals surface area (Å²) in [6.45, 7) is 1.71. The lowest BCUT2D eigenvalue weighted by Gasteiger charge is -2.31. The van der Waals surface area contributed by atoms with Crippen LogP contribution in [0.1, 0.15) is 32.1 Å². The van der Waals surface area contributed by atoms with Crippen molar-refractivity contribution in [2.75, 3.05) is 25.5 Å². The predicted octanol–water partition coefficient (Wildman–Crippen LogP) is 4.10. The maximum atomic E-state index is 13.2. The lowest BCUT2D eigenvalue weighted by molar-refractivity contribution is 0.198. The third-order valence-corrected chi connectivity index (χ3v) is 5.35. The van der Waals surface area contributed by atoms with Crippen LogP contribution in [0.4, 0.5) is 10.2 Å². The summed E-state index contributed by atoms with van der Waals surface area (Å²) in [5.74, 6) is 0.407. The highest BCUT2D eigenvalue weighted by Gasteiger charge is 2.19. The number of nitrogens with zero attached hydrogens (tertiary/aromatic N) is 4. The van der Waals surface area contributed by atoms with E-state index in [4.69, 9.17) is 4.52 Å². The van der Waals surface area contributed by atoms with Gasteiger partial charge in [-0.3, -0.25) is 0 Å². The van der Waals surface area contributed by atoms with Crippen molar-refractivity contribution in [1.29, 1.82) is 0 Å². The van der Waals surface area contributed by atoms with Gasteiger partial charge in [0.15, 0.2) is 0 Å². The molecule has 0 unspecified atom stereocenters. The molecule has 142 valence electrons. The zero-order valence-electron chi connectivity index (χ0n) is 15.5. The maximum Gasteiger partial charge on any atom is 0.263 e. The summed E-state index contributed by atoms with van der Waals surface area (Å²) < 4.78 is 18.6. The van der Waals surface area contributed by atoms with E-state index in [1.165, 1.54) is 50.6 Å². The molecule has 0 aliphatic heterocycles. The molecule has 1 aliphatic rings. The number of likely N-dealkylation sites (N-methyl/N-ethyl adjacent to an activating group) is 1. The first-order valence-electron chi connectivity index (χ1n) is 9.53. The minimum absolute atomic E-state index is 0.285. The smallest absolute Gasteiger partial charge is 0.263 e. The van der Waals surface area contributed by atoms with Crippen LogP contribution < -0.4 is 5.32 Å². The van der Waals surface area contributed by atoms with Gasteiger partial charge in [0.2, 0.25) is 0 Å². The molecule has 4 rings (SSSR count). The molecule has 6 nitrogen and oxygen atoms in total. The molecule has 1 saturated carbocycles. The fourth-order valence-electron chi connectivity index (χ4n) is 3.78. The number of halogens is 1. The minimum atomic E-state index is -0.285. The van der Waals surface area contributed by atoms with Crippen molar-refractivity contribution in [3.63, 3.8) is 0 Å². The second-order valence-electron chi connectivity index (χ2n) is 7.14. The van der Waals surface area contributed by atoms with Gasteiger partial charge in [-0.15, -0.1) is 0 Å². The fourth-order valence-corrected chi connectivity index (χ4v) is 3.78. The Morgan fingerprint density at radius 3 is 2.70 bits per heavy atom. The van der Waals surface area contributed by atoms with Gasteiger partial charge in [-0.1, -0.05) is 24.4 Å². The summed E-state index contributed by atoms with van der Waals surface area (Å²) in [6, 6.07) is 6.86. The van der Waals surface area contributed by atoms with Gasteiger partial charge < -0.3 is 14.7 Å². The second kappa shape index (κ2) is 8.00. The minimum Gasteiger partial charge on any atom is -0.368 e. The molecule has 2 heterocycles. The van der Waals surface area contributed by atoms with Gasteiger partial charge in [0.05, 0.1) is 0 Å². The number of aromatic nitrogens is 3. The van der Waals surface area contributed by atoms with Gasteiger partial charge >= 0.3 is 0 Å². The second-order valence-corrected chi connectivity index (χ2v) is 7.14. The van der Waals surface area contributed by atoms with E-state index in [9.17, 15) is 4.39 Å². The van der Waals surface area contributed by atoms with Crippen molar-refractivity contribution in [1.82, 2.24) is 20.0 Å². The third-order valence-electron chi connectivity index (χ3n) is 5.35. The first-order chi connectivity index (χ1) is 13.2. The SMILES string of the molecule is CN(CCNc1ncnc2onc(-c3ccc(F)cc3)c12)C1CCCCC1. The monoisotopic (exact) mass is 369 g/mol. The molecule has 2 aromatic heterocycles. The molecule has 7 heteroatoms. The van der Waals surface area contributed by atoms with Crippen LogP contribution in [0.2, 0.25) is 0 Å². The molecule has 1 aromatic carbocycles. The van der Waals surface area contributed by atoms with E-state index < -0.39 is 0 Å². The highest BCUT2D eigenvalue weighted by atomic mass is 19.1. The van der Waals surface area contributed by atoms with E-state index >= 15 is 0 Å². The van der Waals surface area contributed by atoms with Crippen LogP contribution in [-0.2, 0) is 0 Å². The third kappa shape index (κ3) is 3.93. The van der Waals surface area contributed by atoms with Crippen molar-refractivity contribution < 1.29 is 8.91 Å². The first kappa shape index (κ1) is 17.9. The molecular formula is C20H24FN5O. The maximum absolute atomic E-state index is 13.2. The lowest BCUT2D eigenvalue weighted by atomic mass is 9.94. The fraction of sp³-hybridized carbons (Fsp3) is 0.450. The lowest BCUT2D eigenvalue weighted by Crippen LogP contribution is -2.36. The standard InChI is InChI=1S/C20H24FN5O/c1-26(16-5-3-2-4-6-16)12-11-22-19-17-18(14-7-9-15(21)10-8-14)25-27-20(17)24-13-23-19/h7-10,13,16H,2-6,11-12H2,1H3,(H,22,23,24). The van der Waals surface area contributed by atoms with Gasteiger partial charge in [0.1, 0.15) is 29.0 Å². The van der Waals surface area contributed by atoms with Crippen molar-refractivity contribution in [2.24, 2.45) is 0 Å². The van der Waals surface area contributed by atoms with Crippen molar-refractivity contribution in [3.05, 3.63) is 36.4 Å². The molecule has 27 heavy (non-hydrogen) atoms. The Morgan fingerprint density at radius 1 is 1.15 bits per heavy atom. The highest BCUT2D eigenvalue weighted by molar-refractivity contribution is 5.97. The number of hydrogen-bond donors (Lipinski definition) is 1. The Bertz CT molecular complexity index is 889. The average molecular weight is 369 g/mol. The molecule has 1 fully saturated rings. The largest absolute Gasteiger partial charge is 0.368 e. The number of rotatable bonds is 6. The zero-order chi connectivity index (χ0) is 18.6. The Labute approximate surface area is 157 Å². The van der Waals surface area contributed by atoms with Gasteiger partial charge in [0.25, 0.3) is 5.71 Å². The Morgan fingerprint density at radius 2 is 1.93 bits per heavy atom. The summed E-state index contributed by atoms with van der Waals surface area (Å²) in [5, 5.41) is 8.25. The highest BCUT2D eigenvalue weighted by Crippen LogP contribution is 2.31. The molecule has 0 saturated heterocycles. The van der Waals surface area contributed by atoms with E-state index in [1.54, 1.807) is 12.1 Å². The van der Waals surface area contributed by atoms with Crippen molar-refractivity contribution >= 4 is 16.9 Å². The van der Waals surface area contributed by atoms with Crippen LogP contribution in [0.25, 0.3) is 22.4 Å². The summed E-state index contributed by atoms with van der Waals surface area (Å²) in [6.07, 6.45) is 8.06. The van der Waals surface area contributed by atoms with Crippen LogP contribution in [0.15, 0.2) is 35.1 Å². The molecule has 1 N–H and O–H groups in total. The number of nitrogens with one attached hydrogen (secondary N) is 1. The van der Waals surface area contributed by atoms with E-state index in [0.717, 1.165) is 24.0 Å². The topological polar surface area (TPSA) is 67.1 Å². The summed E-state index contributed by atoms with van der Waals surface area (Å²) in [7, 11) is 2.19. The van der Waals surface area contributed by atoms with E-state index in [1.807, 2.05) is 0 Å². The number of anilines is 1. The number of fused-ring (bicyclic) bond motifs is 1. The zero-order valence-corrected chi connectivity index (χ0v) is 15.5. The molecular weight excluding hydrogens is 345 g/mol. The average Bonchev–Trinajstić information content (AvgIpc) is 3.14. The van der Waals surface area contributed by atoms with E-state index in [0.29, 0.717) is 23.3 Å². The Hall–Kier alpha value is -2.54. The van der Waals surface area contributed by atoms with Crippen LogP contribution in [0, 0.1) is 5.82 Å². The summed E-state index contributed by atoms with van der Waals surface area (Å²) >= 11 is 0.